The van der Waals surface area contributed by atoms with Crippen molar-refractivity contribution in [2.75, 3.05) is 5.32 Å². The molecule has 0 saturated carbocycles. The van der Waals surface area contributed by atoms with E-state index in [1.165, 1.54) is 23.3 Å². The number of rotatable bonds is 4. The van der Waals surface area contributed by atoms with Crippen LogP contribution in [0.4, 0.5) is 5.13 Å². The lowest BCUT2D eigenvalue weighted by atomic mass is 9.73. The van der Waals surface area contributed by atoms with E-state index in [0.717, 1.165) is 18.0 Å². The summed E-state index contributed by atoms with van der Waals surface area (Å²) in [4.78, 5) is 22.2. The number of aryl methyl sites for hydroxylation is 1. The largest absolute Gasteiger partial charge is 0.302 e. The summed E-state index contributed by atoms with van der Waals surface area (Å²) in [6.07, 6.45) is 6.36. The molecular weight excluding hydrogens is 322 g/mol. The predicted molar refractivity (Wildman–Crippen MR) is 94.9 cm³/mol. The average Bonchev–Trinajstić information content (AvgIpc) is 3.13. The van der Waals surface area contributed by atoms with Crippen LogP contribution in [-0.2, 0) is 24.2 Å². The highest BCUT2D eigenvalue weighted by Crippen LogP contribution is 2.40. The molecule has 7 heteroatoms. The van der Waals surface area contributed by atoms with Gasteiger partial charge in [0.25, 0.3) is 0 Å². The molecule has 0 unspecified atom stereocenters. The Labute approximate surface area is 146 Å². The monoisotopic (exact) mass is 347 g/mol. The highest BCUT2D eigenvalue weighted by molar-refractivity contribution is 7.15. The maximum atomic E-state index is 12.4. The first kappa shape index (κ1) is 17.1. The van der Waals surface area contributed by atoms with Crippen molar-refractivity contribution < 1.29 is 4.79 Å². The molecule has 0 bridgehead atoms. The van der Waals surface area contributed by atoms with E-state index < -0.39 is 0 Å². The molecule has 0 spiro atoms. The molecule has 0 fully saturated rings. The first-order valence-electron chi connectivity index (χ1n) is 8.45. The van der Waals surface area contributed by atoms with Crippen molar-refractivity contribution in [3.8, 4) is 0 Å². The molecule has 2 aromatic heterocycles. The van der Waals surface area contributed by atoms with Crippen LogP contribution in [0.5, 0.6) is 0 Å². The molecule has 1 amide bonds. The summed E-state index contributed by atoms with van der Waals surface area (Å²) < 4.78 is 1.67. The van der Waals surface area contributed by atoms with E-state index in [1.807, 2.05) is 6.92 Å². The van der Waals surface area contributed by atoms with Gasteiger partial charge in [-0.1, -0.05) is 27.7 Å². The first-order valence-corrected chi connectivity index (χ1v) is 9.26. The Hall–Kier alpha value is -1.76. The topological polar surface area (TPSA) is 72.7 Å². The summed E-state index contributed by atoms with van der Waals surface area (Å²) in [5.74, 6) is 0.471. The summed E-state index contributed by atoms with van der Waals surface area (Å²) in [5.41, 5.74) is 1.48. The van der Waals surface area contributed by atoms with Crippen molar-refractivity contribution >= 4 is 22.4 Å². The molecule has 2 aromatic rings. The number of carbonyl (C=O) groups excluding carboxylic acids is 1. The molecule has 0 radical (unpaired) electrons. The minimum absolute atomic E-state index is 0.0241. The lowest BCUT2D eigenvalue weighted by molar-refractivity contribution is -0.119. The van der Waals surface area contributed by atoms with Gasteiger partial charge >= 0.3 is 0 Å². The van der Waals surface area contributed by atoms with Gasteiger partial charge in [0.2, 0.25) is 5.91 Å². The Morgan fingerprint density at radius 1 is 1.50 bits per heavy atom. The number of nitrogens with zero attached hydrogens (tertiary/aromatic N) is 4. The van der Waals surface area contributed by atoms with Crippen molar-refractivity contribution in [2.24, 2.45) is 17.3 Å². The fraction of sp³-hybridized carbons (Fsp3) is 0.647. The number of hydrogen-bond donors (Lipinski definition) is 1. The molecular formula is C17H25N5OS. The van der Waals surface area contributed by atoms with Crippen LogP contribution in [-0.4, -0.2) is 25.7 Å². The van der Waals surface area contributed by atoms with E-state index in [4.69, 9.17) is 0 Å². The van der Waals surface area contributed by atoms with Crippen LogP contribution in [0.2, 0.25) is 0 Å². The number of thiazole rings is 1. The number of hydrogen-bond acceptors (Lipinski definition) is 5. The van der Waals surface area contributed by atoms with Crippen molar-refractivity contribution in [2.45, 2.75) is 53.5 Å². The van der Waals surface area contributed by atoms with Crippen molar-refractivity contribution in [1.82, 2.24) is 19.7 Å². The summed E-state index contributed by atoms with van der Waals surface area (Å²) in [5, 5.41) is 7.74. The minimum Gasteiger partial charge on any atom is -0.302 e. The van der Waals surface area contributed by atoms with Crippen LogP contribution < -0.4 is 5.32 Å². The highest BCUT2D eigenvalue weighted by atomic mass is 32.1. The number of amides is 1. The summed E-state index contributed by atoms with van der Waals surface area (Å²) in [6, 6.07) is 0. The number of anilines is 1. The van der Waals surface area contributed by atoms with Crippen LogP contribution >= 0.6 is 11.3 Å². The van der Waals surface area contributed by atoms with Gasteiger partial charge in [-0.25, -0.2) is 9.97 Å². The van der Waals surface area contributed by atoms with Gasteiger partial charge in [0, 0.05) is 4.88 Å². The standard InChI is InChI=1S/C17H25N5OS/c1-11(8-22-10-18-9-19-22)15(23)21-16-20-13-6-5-12(17(2,3)4)7-14(13)24-16/h9-12H,5-8H2,1-4H3,(H,20,21,23)/t11-,12-/m0/s1. The van der Waals surface area contributed by atoms with Gasteiger partial charge in [-0.15, -0.1) is 11.3 Å². The first-order chi connectivity index (χ1) is 11.3. The van der Waals surface area contributed by atoms with E-state index >= 15 is 0 Å². The second-order valence-electron chi connectivity index (χ2n) is 7.70. The molecule has 1 aliphatic rings. The van der Waals surface area contributed by atoms with E-state index in [1.54, 1.807) is 22.3 Å². The Balaban J connectivity index is 1.63. The number of carbonyl (C=O) groups is 1. The van der Waals surface area contributed by atoms with Crippen LogP contribution in [0, 0.1) is 17.3 Å². The van der Waals surface area contributed by atoms with Crippen LogP contribution in [0.15, 0.2) is 12.7 Å². The van der Waals surface area contributed by atoms with Crippen molar-refractivity contribution in [1.29, 1.82) is 0 Å². The van der Waals surface area contributed by atoms with Crippen LogP contribution in [0.1, 0.15) is 44.7 Å². The molecule has 24 heavy (non-hydrogen) atoms. The highest BCUT2D eigenvalue weighted by Gasteiger charge is 2.31. The van der Waals surface area contributed by atoms with Crippen LogP contribution in [0.3, 0.4) is 0 Å². The summed E-state index contributed by atoms with van der Waals surface area (Å²) >= 11 is 1.63. The van der Waals surface area contributed by atoms with E-state index in [9.17, 15) is 4.79 Å². The van der Waals surface area contributed by atoms with Gasteiger partial charge in [-0.2, -0.15) is 5.10 Å². The van der Waals surface area contributed by atoms with E-state index in [-0.39, 0.29) is 11.8 Å². The zero-order valence-electron chi connectivity index (χ0n) is 14.7. The third-order valence-electron chi connectivity index (χ3n) is 4.77. The smallest absolute Gasteiger partial charge is 0.230 e. The predicted octanol–water partition coefficient (Wildman–Crippen LogP) is 3.16. The lowest BCUT2D eigenvalue weighted by Crippen LogP contribution is -2.26. The second-order valence-corrected chi connectivity index (χ2v) is 8.79. The number of aromatic nitrogens is 4. The Kier molecular flexibility index (Phi) is 4.71. The molecule has 2 atom stereocenters. The van der Waals surface area contributed by atoms with Gasteiger partial charge in [0.1, 0.15) is 12.7 Å². The molecule has 0 aromatic carbocycles. The SMILES string of the molecule is C[C@@H](Cn1cncn1)C(=O)Nc1nc2c(s1)C[C@@H](C(C)(C)C)CC2. The van der Waals surface area contributed by atoms with Gasteiger partial charge in [-0.05, 0) is 30.6 Å². The minimum atomic E-state index is -0.185. The fourth-order valence-corrected chi connectivity index (χ4v) is 4.18. The average molecular weight is 347 g/mol. The summed E-state index contributed by atoms with van der Waals surface area (Å²) in [7, 11) is 0. The van der Waals surface area contributed by atoms with Gasteiger partial charge in [0.05, 0.1) is 18.2 Å². The summed E-state index contributed by atoms with van der Waals surface area (Å²) in [6.45, 7) is 9.32. The molecule has 0 aliphatic heterocycles. The second kappa shape index (κ2) is 6.63. The van der Waals surface area contributed by atoms with Crippen LogP contribution in [0.25, 0.3) is 0 Å². The molecule has 3 rings (SSSR count). The number of fused-ring (bicyclic) bond motifs is 1. The molecule has 6 nitrogen and oxygen atoms in total. The maximum absolute atomic E-state index is 12.4. The van der Waals surface area contributed by atoms with Gasteiger partial charge in [-0.3, -0.25) is 9.48 Å². The lowest BCUT2D eigenvalue weighted by Gasteiger charge is -2.33. The number of nitrogens with one attached hydrogen (secondary N) is 1. The van der Waals surface area contributed by atoms with E-state index in [0.29, 0.717) is 17.9 Å². The zero-order chi connectivity index (χ0) is 17.3. The molecule has 2 heterocycles. The molecule has 1 N–H and O–H groups in total. The fourth-order valence-electron chi connectivity index (χ4n) is 3.09. The third-order valence-corrected chi connectivity index (χ3v) is 5.80. The van der Waals surface area contributed by atoms with E-state index in [2.05, 4.69) is 41.2 Å². The van der Waals surface area contributed by atoms with Gasteiger partial charge in [0.15, 0.2) is 5.13 Å². The Morgan fingerprint density at radius 3 is 2.96 bits per heavy atom. The normalized spacial score (nSPS) is 18.9. The quantitative estimate of drug-likeness (QED) is 0.922. The van der Waals surface area contributed by atoms with Crippen molar-refractivity contribution in [3.05, 3.63) is 23.2 Å². The molecule has 1 aliphatic carbocycles. The third kappa shape index (κ3) is 3.83. The van der Waals surface area contributed by atoms with Gasteiger partial charge < -0.3 is 5.32 Å². The molecule has 130 valence electrons. The molecule has 0 saturated heterocycles. The van der Waals surface area contributed by atoms with Crippen molar-refractivity contribution in [3.63, 3.8) is 0 Å². The Bertz CT molecular complexity index is 701. The maximum Gasteiger partial charge on any atom is 0.230 e. The Morgan fingerprint density at radius 2 is 2.29 bits per heavy atom. The zero-order valence-corrected chi connectivity index (χ0v) is 15.6.